The molecule has 0 heterocycles. The second-order valence-electron chi connectivity index (χ2n) is 7.35. The van der Waals surface area contributed by atoms with Gasteiger partial charge in [-0.25, -0.2) is 0 Å². The van der Waals surface area contributed by atoms with E-state index >= 15 is 0 Å². The van der Waals surface area contributed by atoms with E-state index in [0.717, 1.165) is 17.5 Å². The summed E-state index contributed by atoms with van der Waals surface area (Å²) in [6.45, 7) is 8.19. The molecule has 0 spiro atoms. The van der Waals surface area contributed by atoms with Crippen molar-refractivity contribution >= 4 is 11.8 Å². The summed E-state index contributed by atoms with van der Waals surface area (Å²) < 4.78 is 5.66. The Hall–Kier alpha value is -2.82. The van der Waals surface area contributed by atoms with Gasteiger partial charge in [-0.15, -0.1) is 0 Å². The summed E-state index contributed by atoms with van der Waals surface area (Å²) >= 11 is 0. The highest BCUT2D eigenvalue weighted by Gasteiger charge is 2.29. The Morgan fingerprint density at radius 2 is 1.66 bits per heavy atom. The van der Waals surface area contributed by atoms with Crippen LogP contribution in [0.5, 0.6) is 5.75 Å². The second kappa shape index (κ2) is 11.2. The van der Waals surface area contributed by atoms with Crippen LogP contribution in [0.25, 0.3) is 0 Å². The molecule has 0 aliphatic heterocycles. The van der Waals surface area contributed by atoms with Gasteiger partial charge >= 0.3 is 0 Å². The van der Waals surface area contributed by atoms with Crippen LogP contribution in [-0.2, 0) is 16.1 Å². The standard InChI is InChI=1S/C24H32N2O3/c1-5-19(4)25-24(28)22(6-2)26(16-20-14-12-18(3)13-15-20)23(27)17-29-21-10-8-7-9-11-21/h7-15,19,22H,5-6,16-17H2,1-4H3,(H,25,28). The van der Waals surface area contributed by atoms with E-state index in [4.69, 9.17) is 4.74 Å². The molecule has 5 nitrogen and oxygen atoms in total. The van der Waals surface area contributed by atoms with Gasteiger partial charge in [-0.3, -0.25) is 9.59 Å². The number of hydrogen-bond donors (Lipinski definition) is 1. The number of carbonyl (C=O) groups excluding carboxylic acids is 2. The number of para-hydroxylation sites is 1. The Kier molecular flexibility index (Phi) is 8.71. The minimum Gasteiger partial charge on any atom is -0.484 e. The minimum absolute atomic E-state index is 0.0634. The number of ether oxygens (including phenoxy) is 1. The van der Waals surface area contributed by atoms with Gasteiger partial charge in [0.25, 0.3) is 5.91 Å². The minimum atomic E-state index is -0.544. The zero-order chi connectivity index (χ0) is 21.2. The molecule has 5 heteroatoms. The molecule has 1 N–H and O–H groups in total. The molecule has 2 amide bonds. The van der Waals surface area contributed by atoms with E-state index in [2.05, 4.69) is 5.32 Å². The van der Waals surface area contributed by atoms with Gasteiger partial charge in [0.05, 0.1) is 0 Å². The molecule has 0 bridgehead atoms. The second-order valence-corrected chi connectivity index (χ2v) is 7.35. The quantitative estimate of drug-likeness (QED) is 0.658. The Labute approximate surface area is 174 Å². The molecule has 2 atom stereocenters. The molecule has 0 saturated carbocycles. The van der Waals surface area contributed by atoms with Crippen molar-refractivity contribution in [1.29, 1.82) is 0 Å². The lowest BCUT2D eigenvalue weighted by Crippen LogP contribution is -2.51. The van der Waals surface area contributed by atoms with Crippen LogP contribution in [0.3, 0.4) is 0 Å². The molecule has 0 saturated heterocycles. The van der Waals surface area contributed by atoms with Crippen molar-refractivity contribution in [2.75, 3.05) is 6.61 Å². The summed E-state index contributed by atoms with van der Waals surface area (Å²) in [6, 6.07) is 16.8. The fourth-order valence-electron chi connectivity index (χ4n) is 3.00. The molecule has 0 fully saturated rings. The van der Waals surface area contributed by atoms with Crippen molar-refractivity contribution in [2.45, 2.75) is 59.2 Å². The average molecular weight is 397 g/mol. The molecule has 0 radical (unpaired) electrons. The van der Waals surface area contributed by atoms with E-state index < -0.39 is 6.04 Å². The number of nitrogens with zero attached hydrogens (tertiary/aromatic N) is 1. The van der Waals surface area contributed by atoms with Crippen molar-refractivity contribution in [2.24, 2.45) is 0 Å². The third-order valence-electron chi connectivity index (χ3n) is 4.97. The van der Waals surface area contributed by atoms with Crippen LogP contribution >= 0.6 is 0 Å². The highest BCUT2D eigenvalue weighted by atomic mass is 16.5. The first-order valence-electron chi connectivity index (χ1n) is 10.3. The van der Waals surface area contributed by atoms with Gasteiger partial charge < -0.3 is 15.0 Å². The summed E-state index contributed by atoms with van der Waals surface area (Å²) in [5, 5.41) is 3.01. The maximum Gasteiger partial charge on any atom is 0.261 e. The van der Waals surface area contributed by atoms with Crippen LogP contribution in [-0.4, -0.2) is 35.4 Å². The summed E-state index contributed by atoms with van der Waals surface area (Å²) in [4.78, 5) is 27.6. The summed E-state index contributed by atoms with van der Waals surface area (Å²) in [5.41, 5.74) is 2.14. The SMILES string of the molecule is CCC(C)NC(=O)C(CC)N(Cc1ccc(C)cc1)C(=O)COc1ccccc1. The van der Waals surface area contributed by atoms with Gasteiger partial charge in [0.1, 0.15) is 11.8 Å². The van der Waals surface area contributed by atoms with E-state index in [9.17, 15) is 9.59 Å². The topological polar surface area (TPSA) is 58.6 Å². The third-order valence-corrected chi connectivity index (χ3v) is 4.97. The van der Waals surface area contributed by atoms with E-state index in [1.165, 1.54) is 0 Å². The molecule has 29 heavy (non-hydrogen) atoms. The van der Waals surface area contributed by atoms with Crippen LogP contribution < -0.4 is 10.1 Å². The average Bonchev–Trinajstić information content (AvgIpc) is 2.73. The van der Waals surface area contributed by atoms with Gasteiger partial charge in [0, 0.05) is 12.6 Å². The summed E-state index contributed by atoms with van der Waals surface area (Å²) in [6.07, 6.45) is 1.37. The number of nitrogens with one attached hydrogen (secondary N) is 1. The van der Waals surface area contributed by atoms with Gasteiger partial charge in [0.15, 0.2) is 6.61 Å². The van der Waals surface area contributed by atoms with Gasteiger partial charge in [0.2, 0.25) is 5.91 Å². The number of amides is 2. The van der Waals surface area contributed by atoms with Crippen molar-refractivity contribution in [3.05, 3.63) is 65.7 Å². The van der Waals surface area contributed by atoms with E-state index in [0.29, 0.717) is 18.7 Å². The van der Waals surface area contributed by atoms with Crippen LogP contribution in [0.4, 0.5) is 0 Å². The highest BCUT2D eigenvalue weighted by Crippen LogP contribution is 2.15. The van der Waals surface area contributed by atoms with E-state index in [-0.39, 0.29) is 24.5 Å². The van der Waals surface area contributed by atoms with Gasteiger partial charge in [-0.1, -0.05) is 61.9 Å². The largest absolute Gasteiger partial charge is 0.484 e. The molecule has 0 aliphatic rings. The molecule has 0 aliphatic carbocycles. The zero-order valence-corrected chi connectivity index (χ0v) is 17.9. The van der Waals surface area contributed by atoms with Crippen molar-refractivity contribution in [3.63, 3.8) is 0 Å². The van der Waals surface area contributed by atoms with E-state index in [1.54, 1.807) is 4.90 Å². The maximum atomic E-state index is 13.1. The predicted molar refractivity (Wildman–Crippen MR) is 116 cm³/mol. The highest BCUT2D eigenvalue weighted by molar-refractivity contribution is 5.88. The van der Waals surface area contributed by atoms with Gasteiger partial charge in [-0.05, 0) is 44.4 Å². The van der Waals surface area contributed by atoms with Crippen LogP contribution in [0.1, 0.15) is 44.7 Å². The molecule has 0 aromatic heterocycles. The number of aryl methyl sites for hydroxylation is 1. The fourth-order valence-corrected chi connectivity index (χ4v) is 3.00. The summed E-state index contributed by atoms with van der Waals surface area (Å²) in [7, 11) is 0. The molecule has 2 rings (SSSR count). The third kappa shape index (κ3) is 6.93. The molecule has 2 aromatic rings. The first kappa shape index (κ1) is 22.5. The zero-order valence-electron chi connectivity index (χ0n) is 17.9. The fraction of sp³-hybridized carbons (Fsp3) is 0.417. The molecular weight excluding hydrogens is 364 g/mol. The van der Waals surface area contributed by atoms with E-state index in [1.807, 2.05) is 82.3 Å². The summed E-state index contributed by atoms with van der Waals surface area (Å²) in [5.74, 6) is 0.302. The Bertz CT molecular complexity index is 774. The Balaban J connectivity index is 2.19. The molecule has 2 unspecified atom stereocenters. The maximum absolute atomic E-state index is 13.1. The van der Waals surface area contributed by atoms with Crippen molar-refractivity contribution in [1.82, 2.24) is 10.2 Å². The van der Waals surface area contributed by atoms with Crippen molar-refractivity contribution in [3.8, 4) is 5.75 Å². The Morgan fingerprint density at radius 3 is 2.24 bits per heavy atom. The smallest absolute Gasteiger partial charge is 0.261 e. The van der Waals surface area contributed by atoms with Crippen LogP contribution in [0, 0.1) is 6.92 Å². The number of carbonyl (C=O) groups is 2. The van der Waals surface area contributed by atoms with Crippen molar-refractivity contribution < 1.29 is 14.3 Å². The van der Waals surface area contributed by atoms with Crippen LogP contribution in [0.15, 0.2) is 54.6 Å². The predicted octanol–water partition coefficient (Wildman–Crippen LogP) is 4.10. The molecular formula is C24H32N2O3. The first-order valence-corrected chi connectivity index (χ1v) is 10.3. The lowest BCUT2D eigenvalue weighted by molar-refractivity contribution is -0.143. The molecule has 2 aromatic carbocycles. The monoisotopic (exact) mass is 396 g/mol. The lowest BCUT2D eigenvalue weighted by atomic mass is 10.1. The van der Waals surface area contributed by atoms with Gasteiger partial charge in [-0.2, -0.15) is 0 Å². The number of hydrogen-bond acceptors (Lipinski definition) is 3. The lowest BCUT2D eigenvalue weighted by Gasteiger charge is -2.31. The molecule has 156 valence electrons. The number of benzene rings is 2. The van der Waals surface area contributed by atoms with Crippen LogP contribution in [0.2, 0.25) is 0 Å². The number of rotatable bonds is 10. The Morgan fingerprint density at radius 1 is 1.00 bits per heavy atom. The normalized spacial score (nSPS) is 12.7. The first-order chi connectivity index (χ1) is 13.9.